The van der Waals surface area contributed by atoms with Crippen LogP contribution in [-0.4, -0.2) is 13.2 Å². The molecule has 0 atom stereocenters. The number of nitrogens with one attached hydrogen (secondary N) is 1. The van der Waals surface area contributed by atoms with E-state index in [-0.39, 0.29) is 5.41 Å². The first-order chi connectivity index (χ1) is 8.79. The summed E-state index contributed by atoms with van der Waals surface area (Å²) in [6.45, 7) is 4.55. The minimum atomic E-state index is 0.139. The van der Waals surface area contributed by atoms with Gasteiger partial charge in [0, 0.05) is 23.9 Å². The zero-order valence-corrected chi connectivity index (χ0v) is 10.9. The molecule has 1 aromatic rings. The van der Waals surface area contributed by atoms with Gasteiger partial charge in [0.25, 0.3) is 0 Å². The molecule has 18 heavy (non-hydrogen) atoms. The van der Waals surface area contributed by atoms with Crippen LogP contribution in [0.3, 0.4) is 0 Å². The summed E-state index contributed by atoms with van der Waals surface area (Å²) in [6, 6.07) is 10.4. The van der Waals surface area contributed by atoms with E-state index in [1.54, 1.807) is 0 Å². The van der Waals surface area contributed by atoms with Gasteiger partial charge >= 0.3 is 0 Å². The molecule has 1 aromatic carbocycles. The van der Waals surface area contributed by atoms with Crippen LogP contribution in [0.5, 0.6) is 5.75 Å². The fraction of sp³-hybridized carbons (Fsp3) is 0.533. The van der Waals surface area contributed by atoms with E-state index < -0.39 is 0 Å². The summed E-state index contributed by atoms with van der Waals surface area (Å²) in [4.78, 5) is 0. The van der Waals surface area contributed by atoms with E-state index in [1.165, 1.54) is 5.56 Å². The van der Waals surface area contributed by atoms with Crippen molar-refractivity contribution in [2.24, 2.45) is 5.41 Å². The van der Waals surface area contributed by atoms with Gasteiger partial charge in [-0.2, -0.15) is 5.26 Å². The van der Waals surface area contributed by atoms with Gasteiger partial charge in [0.2, 0.25) is 0 Å². The molecule has 0 heterocycles. The maximum absolute atomic E-state index is 8.79. The number of benzene rings is 1. The first-order valence-electron chi connectivity index (χ1n) is 6.58. The highest BCUT2D eigenvalue weighted by Crippen LogP contribution is 2.48. The molecule has 2 rings (SSSR count). The van der Waals surface area contributed by atoms with E-state index in [0.717, 1.165) is 31.7 Å². The van der Waals surface area contributed by atoms with E-state index in [4.69, 9.17) is 10.00 Å². The molecular formula is C15H20N2O. The second-order valence-electron chi connectivity index (χ2n) is 5.01. The molecule has 0 radical (unpaired) electrons. The Morgan fingerprint density at radius 1 is 1.39 bits per heavy atom. The van der Waals surface area contributed by atoms with Crippen LogP contribution in [0.2, 0.25) is 0 Å². The summed E-state index contributed by atoms with van der Waals surface area (Å²) in [5, 5.41) is 12.1. The lowest BCUT2D eigenvalue weighted by atomic mass is 10.1. The highest BCUT2D eigenvalue weighted by molar-refractivity contribution is 5.33. The minimum absolute atomic E-state index is 0.139. The standard InChI is InChI=1S/C15H20N2O/c1-2-17-11-13-5-3-4-6-14(13)18-12-15(7-8-15)9-10-16/h3-6,17H,2,7-9,11-12H2,1H3. The fourth-order valence-corrected chi connectivity index (χ4v) is 2.00. The SMILES string of the molecule is CCNCc1ccccc1OCC1(CC#N)CC1. The third kappa shape index (κ3) is 3.24. The summed E-state index contributed by atoms with van der Waals surface area (Å²) in [6.07, 6.45) is 2.86. The van der Waals surface area contributed by atoms with Crippen LogP contribution in [0.1, 0.15) is 31.7 Å². The van der Waals surface area contributed by atoms with Crippen molar-refractivity contribution < 1.29 is 4.74 Å². The van der Waals surface area contributed by atoms with Gasteiger partial charge in [-0.1, -0.05) is 25.1 Å². The Balaban J connectivity index is 1.94. The molecule has 3 heteroatoms. The highest BCUT2D eigenvalue weighted by Gasteiger charge is 2.43. The van der Waals surface area contributed by atoms with E-state index in [2.05, 4.69) is 24.4 Å². The third-order valence-electron chi connectivity index (χ3n) is 3.48. The molecule has 1 N–H and O–H groups in total. The van der Waals surface area contributed by atoms with E-state index >= 15 is 0 Å². The van der Waals surface area contributed by atoms with Crippen molar-refractivity contribution in [1.29, 1.82) is 5.26 Å². The zero-order valence-electron chi connectivity index (χ0n) is 10.9. The first-order valence-corrected chi connectivity index (χ1v) is 6.58. The van der Waals surface area contributed by atoms with Crippen LogP contribution in [0.15, 0.2) is 24.3 Å². The van der Waals surface area contributed by atoms with Crippen molar-refractivity contribution in [1.82, 2.24) is 5.32 Å². The molecule has 0 bridgehead atoms. The smallest absolute Gasteiger partial charge is 0.123 e. The fourth-order valence-electron chi connectivity index (χ4n) is 2.00. The minimum Gasteiger partial charge on any atom is -0.493 e. The maximum Gasteiger partial charge on any atom is 0.123 e. The number of hydrogen-bond acceptors (Lipinski definition) is 3. The van der Waals surface area contributed by atoms with Crippen molar-refractivity contribution >= 4 is 0 Å². The van der Waals surface area contributed by atoms with Gasteiger partial charge in [-0.15, -0.1) is 0 Å². The molecular weight excluding hydrogens is 224 g/mol. The van der Waals surface area contributed by atoms with Gasteiger partial charge in [0.1, 0.15) is 5.75 Å². The number of para-hydroxylation sites is 1. The molecule has 1 saturated carbocycles. The number of hydrogen-bond donors (Lipinski definition) is 1. The lowest BCUT2D eigenvalue weighted by molar-refractivity contribution is 0.234. The molecule has 1 fully saturated rings. The quantitative estimate of drug-likeness (QED) is 0.802. The molecule has 1 aliphatic carbocycles. The van der Waals surface area contributed by atoms with Gasteiger partial charge in [0.15, 0.2) is 0 Å². The lowest BCUT2D eigenvalue weighted by Gasteiger charge is -2.15. The second kappa shape index (κ2) is 5.88. The number of ether oxygens (including phenoxy) is 1. The predicted molar refractivity (Wildman–Crippen MR) is 71.2 cm³/mol. The molecule has 0 aliphatic heterocycles. The maximum atomic E-state index is 8.79. The average Bonchev–Trinajstić information content (AvgIpc) is 3.16. The molecule has 3 nitrogen and oxygen atoms in total. The molecule has 0 unspecified atom stereocenters. The van der Waals surface area contributed by atoms with E-state index in [0.29, 0.717) is 13.0 Å². The molecule has 1 aliphatic rings. The monoisotopic (exact) mass is 244 g/mol. The third-order valence-corrected chi connectivity index (χ3v) is 3.48. The van der Waals surface area contributed by atoms with Gasteiger partial charge in [-0.25, -0.2) is 0 Å². The van der Waals surface area contributed by atoms with Crippen LogP contribution in [0.25, 0.3) is 0 Å². The molecule has 0 aromatic heterocycles. The number of nitrogens with zero attached hydrogens (tertiary/aromatic N) is 1. The first kappa shape index (κ1) is 12.9. The largest absolute Gasteiger partial charge is 0.493 e. The Hall–Kier alpha value is -1.53. The summed E-state index contributed by atoms with van der Waals surface area (Å²) in [7, 11) is 0. The van der Waals surface area contributed by atoms with Gasteiger partial charge in [-0.05, 0) is 25.5 Å². The molecule has 0 saturated heterocycles. The summed E-state index contributed by atoms with van der Waals surface area (Å²) >= 11 is 0. The second-order valence-corrected chi connectivity index (χ2v) is 5.01. The van der Waals surface area contributed by atoms with Gasteiger partial charge in [-0.3, -0.25) is 0 Å². The molecule has 96 valence electrons. The van der Waals surface area contributed by atoms with Crippen LogP contribution in [0, 0.1) is 16.7 Å². The van der Waals surface area contributed by atoms with E-state index in [9.17, 15) is 0 Å². The Morgan fingerprint density at radius 3 is 2.83 bits per heavy atom. The van der Waals surface area contributed by atoms with E-state index in [1.807, 2.05) is 18.2 Å². The van der Waals surface area contributed by atoms with Crippen molar-refractivity contribution in [3.8, 4) is 11.8 Å². The van der Waals surface area contributed by atoms with Crippen molar-refractivity contribution in [2.45, 2.75) is 32.7 Å². The van der Waals surface area contributed by atoms with Crippen molar-refractivity contribution in [3.63, 3.8) is 0 Å². The summed E-state index contributed by atoms with van der Waals surface area (Å²) < 4.78 is 5.92. The van der Waals surface area contributed by atoms with Crippen molar-refractivity contribution in [3.05, 3.63) is 29.8 Å². The van der Waals surface area contributed by atoms with Crippen LogP contribution in [-0.2, 0) is 6.54 Å². The Bertz CT molecular complexity index is 432. The number of rotatable bonds is 7. The average molecular weight is 244 g/mol. The topological polar surface area (TPSA) is 45.0 Å². The summed E-state index contributed by atoms with van der Waals surface area (Å²) in [5.74, 6) is 0.947. The Kier molecular flexibility index (Phi) is 4.22. The number of nitriles is 1. The molecule has 0 amide bonds. The Labute approximate surface area is 109 Å². The highest BCUT2D eigenvalue weighted by atomic mass is 16.5. The zero-order chi connectivity index (χ0) is 12.8. The van der Waals surface area contributed by atoms with Gasteiger partial charge < -0.3 is 10.1 Å². The lowest BCUT2D eigenvalue weighted by Crippen LogP contribution is -2.16. The molecule has 0 spiro atoms. The van der Waals surface area contributed by atoms with Crippen LogP contribution in [0.4, 0.5) is 0 Å². The van der Waals surface area contributed by atoms with Crippen LogP contribution < -0.4 is 10.1 Å². The predicted octanol–water partition coefficient (Wildman–Crippen LogP) is 2.87. The van der Waals surface area contributed by atoms with Crippen molar-refractivity contribution in [2.75, 3.05) is 13.2 Å². The van der Waals surface area contributed by atoms with Crippen LogP contribution >= 0.6 is 0 Å². The summed E-state index contributed by atoms with van der Waals surface area (Å²) in [5.41, 5.74) is 1.33. The normalized spacial score (nSPS) is 16.0. The Morgan fingerprint density at radius 2 is 2.17 bits per heavy atom. The van der Waals surface area contributed by atoms with Gasteiger partial charge in [0.05, 0.1) is 12.7 Å².